The van der Waals surface area contributed by atoms with Gasteiger partial charge in [0.05, 0.1) is 24.6 Å². The molecule has 170 valence electrons. The molecule has 0 radical (unpaired) electrons. The van der Waals surface area contributed by atoms with Gasteiger partial charge in [0.1, 0.15) is 18.1 Å². The van der Waals surface area contributed by atoms with Gasteiger partial charge in [-0.1, -0.05) is 42.5 Å². The number of methoxy groups -OCH3 is 1. The normalized spacial score (nSPS) is 10.7. The van der Waals surface area contributed by atoms with Crippen LogP contribution < -0.4 is 10.2 Å². The SMILES string of the molecule is COC(=O)c1ccc(C=NNC(=O)c2cc(-c3ccc(OCc4ccccc4)cc3)n[nH]2)cc1. The summed E-state index contributed by atoms with van der Waals surface area (Å²) in [5.41, 5.74) is 6.44. The van der Waals surface area contributed by atoms with E-state index in [9.17, 15) is 9.59 Å². The second kappa shape index (κ2) is 10.7. The van der Waals surface area contributed by atoms with Crippen molar-refractivity contribution in [3.05, 3.63) is 107 Å². The summed E-state index contributed by atoms with van der Waals surface area (Å²) in [6, 6.07) is 25.7. The highest BCUT2D eigenvalue weighted by Gasteiger charge is 2.11. The van der Waals surface area contributed by atoms with E-state index in [2.05, 4.69) is 25.5 Å². The standard InChI is InChI=1S/C26H22N4O4/c1-33-26(32)21-9-7-18(8-10-21)16-27-30-25(31)24-15-23(28-29-24)20-11-13-22(14-12-20)34-17-19-5-3-2-4-6-19/h2-16H,17H2,1H3,(H,28,29)(H,30,31). The van der Waals surface area contributed by atoms with Gasteiger partial charge in [0.25, 0.3) is 5.91 Å². The minimum atomic E-state index is -0.427. The number of carbonyl (C=O) groups excluding carboxylic acids is 2. The Morgan fingerprint density at radius 1 is 1.00 bits per heavy atom. The predicted octanol–water partition coefficient (Wildman–Crippen LogP) is 4.21. The second-order valence-corrected chi connectivity index (χ2v) is 7.28. The maximum atomic E-state index is 12.4. The van der Waals surface area contributed by atoms with Crippen LogP contribution in [-0.2, 0) is 11.3 Å². The maximum Gasteiger partial charge on any atom is 0.337 e. The van der Waals surface area contributed by atoms with Crippen molar-refractivity contribution in [1.82, 2.24) is 15.6 Å². The van der Waals surface area contributed by atoms with Crippen LogP contribution in [0.2, 0.25) is 0 Å². The van der Waals surface area contributed by atoms with E-state index >= 15 is 0 Å². The van der Waals surface area contributed by atoms with Crippen molar-refractivity contribution in [3.8, 4) is 17.0 Å². The summed E-state index contributed by atoms with van der Waals surface area (Å²) >= 11 is 0. The zero-order valence-electron chi connectivity index (χ0n) is 18.4. The lowest BCUT2D eigenvalue weighted by Gasteiger charge is -2.06. The maximum absolute atomic E-state index is 12.4. The van der Waals surface area contributed by atoms with Crippen LogP contribution in [0, 0.1) is 0 Å². The quantitative estimate of drug-likeness (QED) is 0.236. The largest absolute Gasteiger partial charge is 0.489 e. The molecule has 0 saturated heterocycles. The molecular formula is C26H22N4O4. The molecule has 0 bridgehead atoms. The number of nitrogens with one attached hydrogen (secondary N) is 2. The van der Waals surface area contributed by atoms with Crippen LogP contribution >= 0.6 is 0 Å². The van der Waals surface area contributed by atoms with Crippen LogP contribution in [0.3, 0.4) is 0 Å². The van der Waals surface area contributed by atoms with E-state index in [0.717, 1.165) is 16.9 Å². The molecule has 0 fully saturated rings. The van der Waals surface area contributed by atoms with Crippen LogP contribution in [0.25, 0.3) is 11.3 Å². The summed E-state index contributed by atoms with van der Waals surface area (Å²) in [7, 11) is 1.32. The van der Waals surface area contributed by atoms with Crippen molar-refractivity contribution in [2.24, 2.45) is 5.10 Å². The van der Waals surface area contributed by atoms with Gasteiger partial charge < -0.3 is 9.47 Å². The van der Waals surface area contributed by atoms with Crippen molar-refractivity contribution in [2.45, 2.75) is 6.61 Å². The number of aromatic amines is 1. The summed E-state index contributed by atoms with van der Waals surface area (Å²) in [6.07, 6.45) is 1.48. The van der Waals surface area contributed by atoms with Gasteiger partial charge in [-0.15, -0.1) is 0 Å². The number of carbonyl (C=O) groups is 2. The summed E-state index contributed by atoms with van der Waals surface area (Å²) in [5, 5.41) is 10.9. The molecule has 0 spiro atoms. The lowest BCUT2D eigenvalue weighted by Crippen LogP contribution is -2.18. The first-order valence-electron chi connectivity index (χ1n) is 10.5. The average Bonchev–Trinajstić information content (AvgIpc) is 3.39. The predicted molar refractivity (Wildman–Crippen MR) is 128 cm³/mol. The molecule has 0 unspecified atom stereocenters. The monoisotopic (exact) mass is 454 g/mol. The molecule has 0 saturated carbocycles. The number of esters is 1. The number of hydrazone groups is 1. The topological polar surface area (TPSA) is 106 Å². The molecule has 0 aliphatic rings. The molecule has 4 aromatic rings. The fourth-order valence-corrected chi connectivity index (χ4v) is 3.10. The Kier molecular flexibility index (Phi) is 7.09. The number of rotatable bonds is 8. The summed E-state index contributed by atoms with van der Waals surface area (Å²) in [6.45, 7) is 0.489. The van der Waals surface area contributed by atoms with Crippen LogP contribution in [0.5, 0.6) is 5.75 Å². The van der Waals surface area contributed by atoms with E-state index in [-0.39, 0.29) is 5.69 Å². The molecule has 1 amide bonds. The van der Waals surface area contributed by atoms with Gasteiger partial charge in [0.2, 0.25) is 0 Å². The molecule has 3 aromatic carbocycles. The van der Waals surface area contributed by atoms with Gasteiger partial charge >= 0.3 is 5.97 Å². The molecule has 1 aromatic heterocycles. The van der Waals surface area contributed by atoms with Gasteiger partial charge in [-0.05, 0) is 53.6 Å². The number of amides is 1. The second-order valence-electron chi connectivity index (χ2n) is 7.28. The van der Waals surface area contributed by atoms with Crippen molar-refractivity contribution in [1.29, 1.82) is 0 Å². The number of nitrogens with zero attached hydrogens (tertiary/aromatic N) is 2. The van der Waals surface area contributed by atoms with Gasteiger partial charge in [-0.25, -0.2) is 10.2 Å². The summed E-state index contributed by atoms with van der Waals surface area (Å²) in [5.74, 6) is -0.0970. The molecular weight excluding hydrogens is 432 g/mol. The van der Waals surface area contributed by atoms with Crippen LogP contribution in [0.15, 0.2) is 90.0 Å². The third-order valence-corrected chi connectivity index (χ3v) is 4.93. The first-order chi connectivity index (χ1) is 16.6. The molecule has 2 N–H and O–H groups in total. The zero-order chi connectivity index (χ0) is 23.8. The Bertz CT molecular complexity index is 1280. The first-order valence-corrected chi connectivity index (χ1v) is 10.5. The highest BCUT2D eigenvalue weighted by Crippen LogP contribution is 2.22. The molecule has 0 aliphatic carbocycles. The van der Waals surface area contributed by atoms with E-state index < -0.39 is 11.9 Å². The fourth-order valence-electron chi connectivity index (χ4n) is 3.10. The van der Waals surface area contributed by atoms with Crippen molar-refractivity contribution in [2.75, 3.05) is 7.11 Å². The van der Waals surface area contributed by atoms with E-state index in [1.54, 1.807) is 30.3 Å². The van der Waals surface area contributed by atoms with E-state index in [0.29, 0.717) is 23.4 Å². The van der Waals surface area contributed by atoms with Crippen LogP contribution in [0.1, 0.15) is 32.0 Å². The van der Waals surface area contributed by atoms with Crippen molar-refractivity contribution in [3.63, 3.8) is 0 Å². The Balaban J connectivity index is 1.32. The number of benzene rings is 3. The molecule has 1 heterocycles. The van der Waals surface area contributed by atoms with Gasteiger partial charge in [0, 0.05) is 5.56 Å². The lowest BCUT2D eigenvalue weighted by molar-refractivity contribution is 0.0600. The van der Waals surface area contributed by atoms with Crippen molar-refractivity contribution < 1.29 is 19.1 Å². The molecule has 0 aliphatic heterocycles. The summed E-state index contributed by atoms with van der Waals surface area (Å²) in [4.78, 5) is 23.8. The first kappa shape index (κ1) is 22.5. The Hall–Kier alpha value is -4.72. The van der Waals surface area contributed by atoms with Gasteiger partial charge in [-0.2, -0.15) is 10.2 Å². The number of ether oxygens (including phenoxy) is 2. The molecule has 4 rings (SSSR count). The molecule has 34 heavy (non-hydrogen) atoms. The van der Waals surface area contributed by atoms with E-state index in [1.165, 1.54) is 13.3 Å². The average molecular weight is 454 g/mol. The number of hydrogen-bond donors (Lipinski definition) is 2. The van der Waals surface area contributed by atoms with Crippen LogP contribution in [0.4, 0.5) is 0 Å². The minimum absolute atomic E-state index is 0.276. The third kappa shape index (κ3) is 5.74. The van der Waals surface area contributed by atoms with E-state index in [4.69, 9.17) is 4.74 Å². The van der Waals surface area contributed by atoms with Gasteiger partial charge in [0.15, 0.2) is 0 Å². The fraction of sp³-hybridized carbons (Fsp3) is 0.0769. The zero-order valence-corrected chi connectivity index (χ0v) is 18.4. The number of aromatic nitrogens is 2. The van der Waals surface area contributed by atoms with E-state index in [1.807, 2.05) is 54.6 Å². The Morgan fingerprint density at radius 2 is 1.74 bits per heavy atom. The smallest absolute Gasteiger partial charge is 0.337 e. The third-order valence-electron chi connectivity index (χ3n) is 4.93. The number of hydrogen-bond acceptors (Lipinski definition) is 6. The van der Waals surface area contributed by atoms with Crippen molar-refractivity contribution >= 4 is 18.1 Å². The highest BCUT2D eigenvalue weighted by molar-refractivity contribution is 5.94. The lowest BCUT2D eigenvalue weighted by atomic mass is 10.1. The van der Waals surface area contributed by atoms with Gasteiger partial charge in [-0.3, -0.25) is 9.89 Å². The highest BCUT2D eigenvalue weighted by atomic mass is 16.5. The Labute approximate surface area is 196 Å². The van der Waals surface area contributed by atoms with Crippen LogP contribution in [-0.4, -0.2) is 35.4 Å². The molecule has 8 heteroatoms. The Morgan fingerprint density at radius 3 is 2.44 bits per heavy atom. The number of H-pyrrole nitrogens is 1. The minimum Gasteiger partial charge on any atom is -0.489 e. The molecule has 8 nitrogen and oxygen atoms in total. The summed E-state index contributed by atoms with van der Waals surface area (Å²) < 4.78 is 10.5. The molecule has 0 atom stereocenters.